The lowest BCUT2D eigenvalue weighted by molar-refractivity contribution is 0.0949. The van der Waals surface area contributed by atoms with Gasteiger partial charge in [-0.05, 0) is 50.5 Å². The van der Waals surface area contributed by atoms with Crippen LogP contribution >= 0.6 is 0 Å². The molecule has 2 aromatic rings. The first-order valence-corrected chi connectivity index (χ1v) is 7.60. The topological polar surface area (TPSA) is 54.0 Å². The summed E-state index contributed by atoms with van der Waals surface area (Å²) in [5.74, 6) is -0.129. The number of nitrogens with one attached hydrogen (secondary N) is 2. The molecule has 0 fully saturated rings. The van der Waals surface area contributed by atoms with Gasteiger partial charge in [-0.15, -0.1) is 0 Å². The molecule has 22 heavy (non-hydrogen) atoms. The number of anilines is 2. The van der Waals surface area contributed by atoms with Crippen LogP contribution in [0, 0.1) is 20.8 Å². The Morgan fingerprint density at radius 2 is 1.82 bits per heavy atom. The molecule has 0 unspecified atom stereocenters. The van der Waals surface area contributed by atoms with E-state index in [2.05, 4.69) is 48.5 Å². The number of rotatable bonds is 5. The van der Waals surface area contributed by atoms with Crippen molar-refractivity contribution in [1.82, 2.24) is 10.3 Å². The van der Waals surface area contributed by atoms with E-state index in [1.165, 1.54) is 16.7 Å². The Bertz CT molecular complexity index is 640. The van der Waals surface area contributed by atoms with Crippen molar-refractivity contribution in [1.29, 1.82) is 0 Å². The summed E-state index contributed by atoms with van der Waals surface area (Å²) in [5.41, 5.74) is 6.06. The maximum atomic E-state index is 11.8. The summed E-state index contributed by atoms with van der Waals surface area (Å²) in [4.78, 5) is 16.1. The Kier molecular flexibility index (Phi) is 5.15. The van der Waals surface area contributed by atoms with Crippen molar-refractivity contribution in [3.8, 4) is 0 Å². The van der Waals surface area contributed by atoms with Crippen molar-refractivity contribution in [2.45, 2.75) is 34.1 Å². The third kappa shape index (κ3) is 3.85. The zero-order chi connectivity index (χ0) is 16.1. The van der Waals surface area contributed by atoms with E-state index < -0.39 is 0 Å². The molecule has 0 aliphatic heterocycles. The second kappa shape index (κ2) is 7.07. The normalized spacial score (nSPS) is 10.4. The first-order chi connectivity index (χ1) is 10.5. The molecular weight excluding hydrogens is 274 g/mol. The van der Waals surface area contributed by atoms with Gasteiger partial charge in [-0.2, -0.15) is 0 Å². The number of nitrogens with zero attached hydrogens (tertiary/aromatic N) is 1. The Labute approximate surface area is 132 Å². The summed E-state index contributed by atoms with van der Waals surface area (Å²) in [6.07, 6.45) is 2.61. The maximum Gasteiger partial charge on any atom is 0.269 e. The fourth-order valence-electron chi connectivity index (χ4n) is 2.45. The van der Waals surface area contributed by atoms with Crippen molar-refractivity contribution in [3.63, 3.8) is 0 Å². The fraction of sp³-hybridized carbons (Fsp3) is 0.333. The van der Waals surface area contributed by atoms with E-state index in [0.717, 1.165) is 17.8 Å². The minimum Gasteiger partial charge on any atom is -0.354 e. The summed E-state index contributed by atoms with van der Waals surface area (Å²) in [5, 5.41) is 6.20. The molecule has 0 radical (unpaired) electrons. The summed E-state index contributed by atoms with van der Waals surface area (Å²) < 4.78 is 0. The lowest BCUT2D eigenvalue weighted by Crippen LogP contribution is -2.24. The minimum atomic E-state index is -0.129. The smallest absolute Gasteiger partial charge is 0.269 e. The number of pyridine rings is 1. The highest BCUT2D eigenvalue weighted by Crippen LogP contribution is 2.25. The highest BCUT2D eigenvalue weighted by molar-refractivity contribution is 5.92. The van der Waals surface area contributed by atoms with Crippen LogP contribution in [0.3, 0.4) is 0 Å². The highest BCUT2D eigenvalue weighted by atomic mass is 16.1. The molecule has 0 aliphatic rings. The monoisotopic (exact) mass is 297 g/mol. The zero-order valence-electron chi connectivity index (χ0n) is 13.7. The van der Waals surface area contributed by atoms with E-state index in [9.17, 15) is 4.79 Å². The van der Waals surface area contributed by atoms with Gasteiger partial charge in [0, 0.05) is 12.2 Å². The molecule has 1 heterocycles. The molecule has 4 heteroatoms. The van der Waals surface area contributed by atoms with Crippen LogP contribution in [-0.4, -0.2) is 17.4 Å². The number of amides is 1. The van der Waals surface area contributed by atoms with Crippen LogP contribution in [0.4, 0.5) is 11.4 Å². The Hall–Kier alpha value is -2.36. The number of benzene rings is 1. The van der Waals surface area contributed by atoms with Crippen LogP contribution in [0.1, 0.15) is 40.5 Å². The molecule has 0 aliphatic carbocycles. The summed E-state index contributed by atoms with van der Waals surface area (Å²) >= 11 is 0. The van der Waals surface area contributed by atoms with Gasteiger partial charge in [0.05, 0.1) is 11.9 Å². The Balaban J connectivity index is 2.13. The predicted molar refractivity (Wildman–Crippen MR) is 90.8 cm³/mol. The average Bonchev–Trinajstić information content (AvgIpc) is 2.49. The van der Waals surface area contributed by atoms with Crippen molar-refractivity contribution in [2.24, 2.45) is 0 Å². The molecule has 1 amide bonds. The van der Waals surface area contributed by atoms with Crippen molar-refractivity contribution in [2.75, 3.05) is 11.9 Å². The summed E-state index contributed by atoms with van der Waals surface area (Å²) in [7, 11) is 0. The quantitative estimate of drug-likeness (QED) is 0.880. The summed E-state index contributed by atoms with van der Waals surface area (Å²) in [6.45, 7) is 8.95. The van der Waals surface area contributed by atoms with Crippen LogP contribution in [0.2, 0.25) is 0 Å². The van der Waals surface area contributed by atoms with E-state index >= 15 is 0 Å². The molecule has 116 valence electrons. The lowest BCUT2D eigenvalue weighted by Gasteiger charge is -2.14. The number of aryl methyl sites for hydroxylation is 3. The van der Waals surface area contributed by atoms with E-state index in [-0.39, 0.29) is 5.91 Å². The average molecular weight is 297 g/mol. The third-order valence-electron chi connectivity index (χ3n) is 3.48. The third-order valence-corrected chi connectivity index (χ3v) is 3.48. The highest BCUT2D eigenvalue weighted by Gasteiger charge is 2.08. The SMILES string of the molecule is CCCNC(=O)c1ccc(Nc2c(C)cc(C)cc2C)cn1. The van der Waals surface area contributed by atoms with Gasteiger partial charge >= 0.3 is 0 Å². The van der Waals surface area contributed by atoms with Crippen molar-refractivity contribution < 1.29 is 4.79 Å². The molecule has 1 aromatic carbocycles. The van der Waals surface area contributed by atoms with Crippen LogP contribution in [0.25, 0.3) is 0 Å². The van der Waals surface area contributed by atoms with Crippen LogP contribution in [0.15, 0.2) is 30.5 Å². The molecule has 2 rings (SSSR count). The molecule has 2 N–H and O–H groups in total. The minimum absolute atomic E-state index is 0.129. The predicted octanol–water partition coefficient (Wildman–Crippen LogP) is 3.89. The first-order valence-electron chi connectivity index (χ1n) is 7.60. The summed E-state index contributed by atoms with van der Waals surface area (Å²) in [6, 6.07) is 7.92. The molecular formula is C18H23N3O. The molecule has 0 spiro atoms. The Morgan fingerprint density at radius 3 is 2.36 bits per heavy atom. The number of carbonyl (C=O) groups excluding carboxylic acids is 1. The van der Waals surface area contributed by atoms with E-state index in [1.807, 2.05) is 13.0 Å². The van der Waals surface area contributed by atoms with Gasteiger partial charge in [-0.25, -0.2) is 4.98 Å². The molecule has 4 nitrogen and oxygen atoms in total. The zero-order valence-corrected chi connectivity index (χ0v) is 13.7. The number of hydrogen-bond donors (Lipinski definition) is 2. The van der Waals surface area contributed by atoms with E-state index in [1.54, 1.807) is 12.3 Å². The molecule has 0 atom stereocenters. The van der Waals surface area contributed by atoms with Gasteiger partial charge in [0.25, 0.3) is 5.91 Å². The molecule has 0 saturated heterocycles. The van der Waals surface area contributed by atoms with Gasteiger partial charge in [-0.3, -0.25) is 4.79 Å². The fourth-order valence-corrected chi connectivity index (χ4v) is 2.45. The van der Waals surface area contributed by atoms with Gasteiger partial charge < -0.3 is 10.6 Å². The second-order valence-corrected chi connectivity index (χ2v) is 5.59. The molecule has 0 bridgehead atoms. The van der Waals surface area contributed by atoms with Crippen LogP contribution < -0.4 is 10.6 Å². The van der Waals surface area contributed by atoms with E-state index in [0.29, 0.717) is 12.2 Å². The van der Waals surface area contributed by atoms with Gasteiger partial charge in [0.15, 0.2) is 0 Å². The van der Waals surface area contributed by atoms with Gasteiger partial charge in [0.1, 0.15) is 5.69 Å². The number of hydrogen-bond acceptors (Lipinski definition) is 3. The maximum absolute atomic E-state index is 11.8. The number of carbonyl (C=O) groups is 1. The largest absolute Gasteiger partial charge is 0.354 e. The van der Waals surface area contributed by atoms with E-state index in [4.69, 9.17) is 0 Å². The Morgan fingerprint density at radius 1 is 1.14 bits per heavy atom. The van der Waals surface area contributed by atoms with Crippen molar-refractivity contribution >= 4 is 17.3 Å². The van der Waals surface area contributed by atoms with Gasteiger partial charge in [0.2, 0.25) is 0 Å². The molecule has 1 aromatic heterocycles. The van der Waals surface area contributed by atoms with Crippen LogP contribution in [0.5, 0.6) is 0 Å². The standard InChI is InChI=1S/C18H23N3O/c1-5-8-19-18(22)16-7-6-15(11-20-16)21-17-13(3)9-12(2)10-14(17)4/h6-7,9-11,21H,5,8H2,1-4H3,(H,19,22). The second-order valence-electron chi connectivity index (χ2n) is 5.59. The van der Waals surface area contributed by atoms with Gasteiger partial charge in [-0.1, -0.05) is 24.6 Å². The number of aromatic nitrogens is 1. The molecule has 0 saturated carbocycles. The first kappa shape index (κ1) is 16.0. The lowest BCUT2D eigenvalue weighted by atomic mass is 10.0. The van der Waals surface area contributed by atoms with Crippen LogP contribution in [-0.2, 0) is 0 Å². The van der Waals surface area contributed by atoms with Crippen molar-refractivity contribution in [3.05, 3.63) is 52.8 Å².